The Hall–Kier alpha value is -1.70. The lowest BCUT2D eigenvalue weighted by Gasteiger charge is -2.11. The Morgan fingerprint density at radius 3 is 2.79 bits per heavy atom. The molecule has 0 bridgehead atoms. The van der Waals surface area contributed by atoms with E-state index in [9.17, 15) is 8.76 Å². The first-order valence-electron chi connectivity index (χ1n) is 5.47. The summed E-state index contributed by atoms with van der Waals surface area (Å²) in [5.41, 5.74) is 0.552. The number of pyridine rings is 1. The van der Waals surface area contributed by atoms with E-state index in [1.54, 1.807) is 6.20 Å². The highest BCUT2D eigenvalue weighted by Crippen LogP contribution is 2.31. The Kier molecular flexibility index (Phi) is 3.33. The monoisotopic (exact) mass is 291 g/mol. The van der Waals surface area contributed by atoms with Crippen molar-refractivity contribution >= 4 is 33.4 Å². The Bertz CT molecular complexity index is 725. The van der Waals surface area contributed by atoms with Crippen LogP contribution < -0.4 is 0 Å². The first-order valence-corrected chi connectivity index (χ1v) is 7.41. The molecule has 0 spiro atoms. The third-order valence-corrected chi connectivity index (χ3v) is 4.48. The van der Waals surface area contributed by atoms with Gasteiger partial charge in [0.05, 0.1) is 5.69 Å². The maximum absolute atomic E-state index is 11.7. The maximum atomic E-state index is 11.7. The molecule has 3 rings (SSSR count). The van der Waals surface area contributed by atoms with E-state index in [4.69, 9.17) is 0 Å². The van der Waals surface area contributed by atoms with Crippen LogP contribution in [0.25, 0.3) is 10.8 Å². The Morgan fingerprint density at radius 2 is 2.05 bits per heavy atom. The van der Waals surface area contributed by atoms with Gasteiger partial charge in [0.2, 0.25) is 0 Å². The second kappa shape index (κ2) is 5.12. The molecular weight excluding hydrogens is 282 g/mol. The molecule has 5 nitrogen and oxygen atoms in total. The van der Waals surface area contributed by atoms with E-state index in [0.717, 1.165) is 22.3 Å². The zero-order valence-corrected chi connectivity index (χ0v) is 11.3. The highest BCUT2D eigenvalue weighted by atomic mass is 32.2. The molecule has 2 unspecified atom stereocenters. The molecule has 0 saturated carbocycles. The topological polar surface area (TPSA) is 76.0 Å². The largest absolute Gasteiger partial charge is 0.305 e. The van der Waals surface area contributed by atoms with Gasteiger partial charge in [-0.3, -0.25) is 4.98 Å². The number of benzene rings is 1. The van der Waals surface area contributed by atoms with Crippen molar-refractivity contribution in [3.05, 3.63) is 53.6 Å². The summed E-state index contributed by atoms with van der Waals surface area (Å²) >= 11 is -0.986. The number of rotatable bonds is 3. The van der Waals surface area contributed by atoms with Gasteiger partial charge < -0.3 is 4.55 Å². The fourth-order valence-corrected chi connectivity index (χ4v) is 3.44. The molecule has 1 aromatic carbocycles. The highest BCUT2D eigenvalue weighted by molar-refractivity contribution is 7.79. The number of aromatic nitrogens is 3. The third kappa shape index (κ3) is 2.27. The van der Waals surface area contributed by atoms with Crippen molar-refractivity contribution in [1.82, 2.24) is 14.3 Å². The zero-order valence-electron chi connectivity index (χ0n) is 9.63. The van der Waals surface area contributed by atoms with Crippen molar-refractivity contribution in [1.29, 1.82) is 0 Å². The molecule has 0 aliphatic rings. The lowest BCUT2D eigenvalue weighted by Crippen LogP contribution is -2.09. The van der Waals surface area contributed by atoms with Crippen LogP contribution >= 0.6 is 11.5 Å². The minimum atomic E-state index is -2.09. The standard InChI is InChI=1S/C12H9N3O2S2/c16-19(17)11(12-14-7-15-18-12)10-9-4-2-1-3-8(9)5-6-13-10/h1-7,11H,(H,16,17). The molecule has 7 heteroatoms. The van der Waals surface area contributed by atoms with Crippen LogP contribution in [-0.4, -0.2) is 23.1 Å². The molecule has 0 aliphatic heterocycles. The van der Waals surface area contributed by atoms with Gasteiger partial charge in [0, 0.05) is 11.6 Å². The van der Waals surface area contributed by atoms with Gasteiger partial charge in [0.15, 0.2) is 16.3 Å². The van der Waals surface area contributed by atoms with Gasteiger partial charge in [-0.2, -0.15) is 4.37 Å². The van der Waals surface area contributed by atoms with Crippen LogP contribution in [0.3, 0.4) is 0 Å². The zero-order chi connectivity index (χ0) is 13.2. The van der Waals surface area contributed by atoms with Crippen molar-refractivity contribution in [3.8, 4) is 0 Å². The fourth-order valence-electron chi connectivity index (χ4n) is 1.95. The third-order valence-electron chi connectivity index (χ3n) is 2.76. The second-order valence-electron chi connectivity index (χ2n) is 3.85. The summed E-state index contributed by atoms with van der Waals surface area (Å²) < 4.78 is 25.1. The number of nitrogens with zero attached hydrogens (tertiary/aromatic N) is 3. The van der Waals surface area contributed by atoms with Crippen LogP contribution in [0.1, 0.15) is 16.0 Å². The molecule has 0 aliphatic carbocycles. The molecule has 3 aromatic rings. The first-order chi connectivity index (χ1) is 9.27. The molecule has 2 heterocycles. The molecule has 0 radical (unpaired) electrons. The van der Waals surface area contributed by atoms with E-state index in [-0.39, 0.29) is 0 Å². The predicted molar refractivity (Wildman–Crippen MR) is 74.3 cm³/mol. The lowest BCUT2D eigenvalue weighted by molar-refractivity contribution is 0.556. The van der Waals surface area contributed by atoms with E-state index < -0.39 is 16.3 Å². The number of fused-ring (bicyclic) bond motifs is 1. The van der Waals surface area contributed by atoms with E-state index in [0.29, 0.717) is 10.7 Å². The van der Waals surface area contributed by atoms with Gasteiger partial charge in [-0.25, -0.2) is 9.19 Å². The van der Waals surface area contributed by atoms with Crippen LogP contribution in [-0.2, 0) is 11.1 Å². The minimum absolute atomic E-state index is 0.490. The van der Waals surface area contributed by atoms with E-state index in [2.05, 4.69) is 14.3 Å². The smallest absolute Gasteiger partial charge is 0.169 e. The SMILES string of the molecule is O=S(O)C(c1ncns1)c1nccc2ccccc12. The Morgan fingerprint density at radius 1 is 1.21 bits per heavy atom. The van der Waals surface area contributed by atoms with Crippen molar-refractivity contribution in [2.75, 3.05) is 0 Å². The molecule has 96 valence electrons. The van der Waals surface area contributed by atoms with Gasteiger partial charge in [0.25, 0.3) is 0 Å². The van der Waals surface area contributed by atoms with Crippen molar-refractivity contribution < 1.29 is 8.76 Å². The second-order valence-corrected chi connectivity index (χ2v) is 5.69. The molecule has 2 atom stereocenters. The molecule has 0 saturated heterocycles. The molecule has 0 fully saturated rings. The van der Waals surface area contributed by atoms with Gasteiger partial charge in [-0.1, -0.05) is 24.3 Å². The molecule has 0 amide bonds. The Balaban J connectivity index is 2.24. The van der Waals surface area contributed by atoms with Gasteiger partial charge in [-0.15, -0.1) is 0 Å². The summed E-state index contributed by atoms with van der Waals surface area (Å²) in [4.78, 5) is 8.31. The first kappa shape index (κ1) is 12.3. The van der Waals surface area contributed by atoms with E-state index in [1.165, 1.54) is 6.33 Å². The van der Waals surface area contributed by atoms with Gasteiger partial charge in [0.1, 0.15) is 11.3 Å². The van der Waals surface area contributed by atoms with Crippen molar-refractivity contribution in [3.63, 3.8) is 0 Å². The summed E-state index contributed by atoms with van der Waals surface area (Å²) in [6.45, 7) is 0. The van der Waals surface area contributed by atoms with Crippen LogP contribution in [0.15, 0.2) is 42.9 Å². The summed E-state index contributed by atoms with van der Waals surface area (Å²) in [6, 6.07) is 9.50. The molecular formula is C12H9N3O2S2. The summed E-state index contributed by atoms with van der Waals surface area (Å²) in [6.07, 6.45) is 3.02. The van der Waals surface area contributed by atoms with Crippen LogP contribution in [0.4, 0.5) is 0 Å². The van der Waals surface area contributed by atoms with Crippen molar-refractivity contribution in [2.45, 2.75) is 5.25 Å². The van der Waals surface area contributed by atoms with Crippen LogP contribution in [0.5, 0.6) is 0 Å². The molecule has 19 heavy (non-hydrogen) atoms. The summed E-state index contributed by atoms with van der Waals surface area (Å²) in [5.74, 6) is 0. The normalized spacial score (nSPS) is 14.4. The summed E-state index contributed by atoms with van der Waals surface area (Å²) in [5, 5.41) is 1.56. The summed E-state index contributed by atoms with van der Waals surface area (Å²) in [7, 11) is 0. The molecule has 1 N–H and O–H groups in total. The Labute approximate surface area is 115 Å². The van der Waals surface area contributed by atoms with Gasteiger partial charge >= 0.3 is 0 Å². The fraction of sp³-hybridized carbons (Fsp3) is 0.0833. The predicted octanol–water partition coefficient (Wildman–Crippen LogP) is 2.40. The van der Waals surface area contributed by atoms with Gasteiger partial charge in [-0.05, 0) is 23.0 Å². The average molecular weight is 291 g/mol. The number of hydrogen-bond donors (Lipinski definition) is 1. The number of hydrogen-bond acceptors (Lipinski definition) is 5. The van der Waals surface area contributed by atoms with Crippen LogP contribution in [0, 0.1) is 0 Å². The van der Waals surface area contributed by atoms with Crippen molar-refractivity contribution in [2.24, 2.45) is 0 Å². The minimum Gasteiger partial charge on any atom is -0.305 e. The quantitative estimate of drug-likeness (QED) is 0.750. The average Bonchev–Trinajstić information content (AvgIpc) is 2.93. The van der Waals surface area contributed by atoms with E-state index >= 15 is 0 Å². The molecule has 2 aromatic heterocycles. The maximum Gasteiger partial charge on any atom is 0.169 e. The van der Waals surface area contributed by atoms with E-state index in [1.807, 2.05) is 30.3 Å². The lowest BCUT2D eigenvalue weighted by atomic mass is 10.1. The highest BCUT2D eigenvalue weighted by Gasteiger charge is 2.26. The van der Waals surface area contributed by atoms with Crippen LogP contribution in [0.2, 0.25) is 0 Å².